The maximum Gasteiger partial charge on any atom is 0.282 e. The van der Waals surface area contributed by atoms with Gasteiger partial charge in [-0.15, -0.1) is 0 Å². The van der Waals surface area contributed by atoms with E-state index in [-0.39, 0.29) is 23.7 Å². The minimum Gasteiger partial charge on any atom is -0.347 e. The highest BCUT2D eigenvalue weighted by molar-refractivity contribution is 8.13. The van der Waals surface area contributed by atoms with E-state index >= 15 is 0 Å². The van der Waals surface area contributed by atoms with Crippen molar-refractivity contribution in [1.82, 2.24) is 10.2 Å². The molecule has 2 amide bonds. The molecule has 0 spiro atoms. The first-order chi connectivity index (χ1) is 10.1. The van der Waals surface area contributed by atoms with Gasteiger partial charge in [0.15, 0.2) is 0 Å². The number of carbonyl (C=O) groups is 2. The lowest BCUT2D eigenvalue weighted by Crippen LogP contribution is -2.39. The number of thioether (sulfide) groups is 1. The summed E-state index contributed by atoms with van der Waals surface area (Å²) in [6, 6.07) is 8.43. The summed E-state index contributed by atoms with van der Waals surface area (Å²) in [4.78, 5) is 25.4. The number of benzene rings is 1. The molecule has 0 bridgehead atoms. The molecule has 5 heteroatoms. The molecule has 21 heavy (non-hydrogen) atoms. The zero-order chi connectivity index (χ0) is 14.8. The van der Waals surface area contributed by atoms with E-state index in [2.05, 4.69) is 36.5 Å². The Hall–Kier alpha value is -1.49. The Kier molecular flexibility index (Phi) is 4.19. The lowest BCUT2D eigenvalue weighted by molar-refractivity contribution is -0.122. The molecule has 1 aromatic carbocycles. The maximum atomic E-state index is 12.2. The van der Waals surface area contributed by atoms with Crippen molar-refractivity contribution in [2.75, 3.05) is 18.8 Å². The van der Waals surface area contributed by atoms with Crippen LogP contribution >= 0.6 is 11.8 Å². The Bertz CT molecular complexity index is 540. The summed E-state index contributed by atoms with van der Waals surface area (Å²) in [5.74, 6) is 1.28. The number of hydrogen-bond donors (Lipinski definition) is 1. The number of hydrogen-bond acceptors (Lipinski definition) is 3. The van der Waals surface area contributed by atoms with Crippen LogP contribution in [0.1, 0.15) is 30.0 Å². The fourth-order valence-electron chi connectivity index (χ4n) is 2.64. The Labute approximate surface area is 129 Å². The SMILES string of the molecule is Cc1ccc(C(NC(=O)CN2CCSC2=O)C2CC2)cc1. The van der Waals surface area contributed by atoms with Crippen LogP contribution in [0.3, 0.4) is 0 Å². The third-order valence-corrected chi connectivity index (χ3v) is 4.92. The zero-order valence-electron chi connectivity index (χ0n) is 12.2. The Balaban J connectivity index is 1.63. The number of amides is 2. The predicted octanol–water partition coefficient (Wildman–Crippen LogP) is 2.73. The molecular formula is C16H20N2O2S. The van der Waals surface area contributed by atoms with Crippen LogP contribution in [0.5, 0.6) is 0 Å². The van der Waals surface area contributed by atoms with Crippen molar-refractivity contribution in [2.24, 2.45) is 5.92 Å². The molecule has 1 unspecified atom stereocenters. The number of aryl methyl sites for hydroxylation is 1. The second kappa shape index (κ2) is 6.10. The molecule has 3 rings (SSSR count). The molecule has 4 nitrogen and oxygen atoms in total. The van der Waals surface area contributed by atoms with Crippen molar-refractivity contribution >= 4 is 22.9 Å². The molecule has 1 heterocycles. The number of carbonyl (C=O) groups excluding carboxylic acids is 2. The lowest BCUT2D eigenvalue weighted by atomic mass is 10.0. The summed E-state index contributed by atoms with van der Waals surface area (Å²) in [7, 11) is 0. The molecule has 112 valence electrons. The van der Waals surface area contributed by atoms with Crippen molar-refractivity contribution in [3.63, 3.8) is 0 Å². The van der Waals surface area contributed by atoms with Crippen LogP contribution in [0.25, 0.3) is 0 Å². The van der Waals surface area contributed by atoms with E-state index in [0.717, 1.165) is 18.6 Å². The van der Waals surface area contributed by atoms with E-state index in [1.165, 1.54) is 22.9 Å². The van der Waals surface area contributed by atoms with Crippen molar-refractivity contribution in [2.45, 2.75) is 25.8 Å². The lowest BCUT2D eigenvalue weighted by Gasteiger charge is -2.21. The van der Waals surface area contributed by atoms with E-state index in [4.69, 9.17) is 0 Å². The standard InChI is InChI=1S/C16H20N2O2S/c1-11-2-4-12(5-3-11)15(13-6-7-13)17-14(19)10-18-8-9-21-16(18)20/h2-5,13,15H,6-10H2,1H3,(H,17,19). The monoisotopic (exact) mass is 304 g/mol. The summed E-state index contributed by atoms with van der Waals surface area (Å²) in [5, 5.41) is 3.14. The molecular weight excluding hydrogens is 284 g/mol. The van der Waals surface area contributed by atoms with Crippen LogP contribution in [0.15, 0.2) is 24.3 Å². The van der Waals surface area contributed by atoms with Crippen LogP contribution in [0.4, 0.5) is 4.79 Å². The molecule has 2 aliphatic rings. The highest BCUT2D eigenvalue weighted by Crippen LogP contribution is 2.41. The van der Waals surface area contributed by atoms with Crippen LogP contribution in [0.2, 0.25) is 0 Å². The Morgan fingerprint density at radius 1 is 1.38 bits per heavy atom. The topological polar surface area (TPSA) is 49.4 Å². The molecule has 0 aromatic heterocycles. The normalized spacial score (nSPS) is 19.7. The highest BCUT2D eigenvalue weighted by atomic mass is 32.2. The van der Waals surface area contributed by atoms with Gasteiger partial charge >= 0.3 is 0 Å². The van der Waals surface area contributed by atoms with Crippen LogP contribution in [-0.4, -0.2) is 34.9 Å². The van der Waals surface area contributed by atoms with E-state index < -0.39 is 0 Å². The molecule has 1 saturated heterocycles. The van der Waals surface area contributed by atoms with Gasteiger partial charge in [0.25, 0.3) is 5.24 Å². The maximum absolute atomic E-state index is 12.2. The largest absolute Gasteiger partial charge is 0.347 e. The van der Waals surface area contributed by atoms with Gasteiger partial charge in [0.1, 0.15) is 6.54 Å². The summed E-state index contributed by atoms with van der Waals surface area (Å²) < 4.78 is 0. The van der Waals surface area contributed by atoms with Gasteiger partial charge in [0.2, 0.25) is 5.91 Å². The zero-order valence-corrected chi connectivity index (χ0v) is 13.0. The van der Waals surface area contributed by atoms with Crippen LogP contribution < -0.4 is 5.32 Å². The average Bonchev–Trinajstić information content (AvgIpc) is 3.23. The van der Waals surface area contributed by atoms with E-state index in [1.54, 1.807) is 4.90 Å². The van der Waals surface area contributed by atoms with Gasteiger partial charge in [-0.2, -0.15) is 0 Å². The number of nitrogens with one attached hydrogen (secondary N) is 1. The van der Waals surface area contributed by atoms with Crippen molar-refractivity contribution in [3.05, 3.63) is 35.4 Å². The summed E-state index contributed by atoms with van der Waals surface area (Å²) in [6.45, 7) is 2.92. The van der Waals surface area contributed by atoms with Crippen molar-refractivity contribution in [3.8, 4) is 0 Å². The van der Waals surface area contributed by atoms with Gasteiger partial charge < -0.3 is 10.2 Å². The van der Waals surface area contributed by atoms with Gasteiger partial charge in [-0.3, -0.25) is 9.59 Å². The van der Waals surface area contributed by atoms with Gasteiger partial charge in [0, 0.05) is 12.3 Å². The smallest absolute Gasteiger partial charge is 0.282 e. The predicted molar refractivity (Wildman–Crippen MR) is 84.2 cm³/mol. The molecule has 1 N–H and O–H groups in total. The number of rotatable bonds is 5. The van der Waals surface area contributed by atoms with Crippen LogP contribution in [0, 0.1) is 12.8 Å². The number of nitrogens with zero attached hydrogens (tertiary/aromatic N) is 1. The Morgan fingerprint density at radius 2 is 2.10 bits per heavy atom. The Morgan fingerprint density at radius 3 is 2.67 bits per heavy atom. The van der Waals surface area contributed by atoms with Crippen LogP contribution in [-0.2, 0) is 4.79 Å². The molecule has 1 aliphatic carbocycles. The molecule has 1 aromatic rings. The minimum absolute atomic E-state index is 0.0171. The summed E-state index contributed by atoms with van der Waals surface area (Å²) >= 11 is 1.29. The fraction of sp³-hybridized carbons (Fsp3) is 0.500. The molecule has 2 fully saturated rings. The average molecular weight is 304 g/mol. The molecule has 1 saturated carbocycles. The van der Waals surface area contributed by atoms with Gasteiger partial charge in [-0.05, 0) is 31.2 Å². The quantitative estimate of drug-likeness (QED) is 0.910. The first-order valence-electron chi connectivity index (χ1n) is 7.41. The fourth-order valence-corrected chi connectivity index (χ4v) is 3.46. The van der Waals surface area contributed by atoms with E-state index in [1.807, 2.05) is 0 Å². The van der Waals surface area contributed by atoms with Crippen molar-refractivity contribution in [1.29, 1.82) is 0 Å². The van der Waals surface area contributed by atoms with Gasteiger partial charge in [-0.25, -0.2) is 0 Å². The molecule has 1 atom stereocenters. The molecule has 0 radical (unpaired) electrons. The summed E-state index contributed by atoms with van der Waals surface area (Å²) in [5.41, 5.74) is 2.39. The first kappa shape index (κ1) is 14.4. The highest BCUT2D eigenvalue weighted by Gasteiger charge is 2.34. The third-order valence-electron chi connectivity index (χ3n) is 4.03. The minimum atomic E-state index is -0.0525. The second-order valence-corrected chi connectivity index (χ2v) is 6.88. The van der Waals surface area contributed by atoms with Crippen molar-refractivity contribution < 1.29 is 9.59 Å². The first-order valence-corrected chi connectivity index (χ1v) is 8.39. The van der Waals surface area contributed by atoms with Gasteiger partial charge in [-0.1, -0.05) is 41.6 Å². The second-order valence-electron chi connectivity index (χ2n) is 5.83. The van der Waals surface area contributed by atoms with E-state index in [9.17, 15) is 9.59 Å². The molecule has 1 aliphatic heterocycles. The van der Waals surface area contributed by atoms with Gasteiger partial charge in [0.05, 0.1) is 6.04 Å². The third kappa shape index (κ3) is 3.59. The van der Waals surface area contributed by atoms with E-state index in [0.29, 0.717) is 12.5 Å². The summed E-state index contributed by atoms with van der Waals surface area (Å²) in [6.07, 6.45) is 2.33.